The Morgan fingerprint density at radius 3 is 2.14 bits per heavy atom. The van der Waals surface area contributed by atoms with E-state index in [9.17, 15) is 21.6 Å². The van der Waals surface area contributed by atoms with Crippen molar-refractivity contribution in [3.63, 3.8) is 0 Å². The zero-order valence-corrected chi connectivity index (χ0v) is 12.6. The molecule has 0 atom stereocenters. The third-order valence-electron chi connectivity index (χ3n) is 2.70. The summed E-state index contributed by atoms with van der Waals surface area (Å²) >= 11 is 1.12. The number of hydrogen-bond acceptors (Lipinski definition) is 7. The number of carbonyl (C=O) groups is 1. The highest BCUT2D eigenvalue weighted by Crippen LogP contribution is 2.34. The second-order valence-corrected chi connectivity index (χ2v) is 8.43. The normalized spacial score (nSPS) is 19.0. The molecule has 0 bridgehead atoms. The highest BCUT2D eigenvalue weighted by Gasteiger charge is 2.48. The Kier molecular flexibility index (Phi) is 3.09. The van der Waals surface area contributed by atoms with Crippen LogP contribution in [0.15, 0.2) is 44.9 Å². The molecule has 1 aromatic carbocycles. The van der Waals surface area contributed by atoms with Crippen LogP contribution in [0.3, 0.4) is 0 Å². The first-order valence-electron chi connectivity index (χ1n) is 5.44. The fourth-order valence-electron chi connectivity index (χ4n) is 1.77. The van der Waals surface area contributed by atoms with Crippen molar-refractivity contribution in [1.29, 1.82) is 0 Å². The zero-order chi connectivity index (χ0) is 15.3. The Morgan fingerprint density at radius 1 is 1.10 bits per heavy atom. The fraction of sp³-hybridized carbons (Fsp3) is 0. The SMILES string of the molecule is O=C(NN1S(=O)(=O)c2ccccc2S1(=O)=O)c1cscn1. The number of amides is 1. The lowest BCUT2D eigenvalue weighted by Gasteiger charge is -2.13. The Bertz CT molecular complexity index is 866. The average Bonchev–Trinajstić information content (AvgIpc) is 3.02. The van der Waals surface area contributed by atoms with Gasteiger partial charge in [-0.25, -0.2) is 21.8 Å². The van der Waals surface area contributed by atoms with E-state index in [1.807, 2.05) is 5.43 Å². The molecule has 0 unspecified atom stereocenters. The summed E-state index contributed by atoms with van der Waals surface area (Å²) in [6.45, 7) is 0. The number of sulfonamides is 2. The highest BCUT2D eigenvalue weighted by atomic mass is 32.3. The summed E-state index contributed by atoms with van der Waals surface area (Å²) in [5, 5.41) is 1.37. The van der Waals surface area contributed by atoms with Crippen molar-refractivity contribution >= 4 is 37.3 Å². The van der Waals surface area contributed by atoms with Crippen molar-refractivity contribution in [2.24, 2.45) is 0 Å². The van der Waals surface area contributed by atoms with E-state index in [1.54, 1.807) is 0 Å². The van der Waals surface area contributed by atoms with Gasteiger partial charge in [0.15, 0.2) is 0 Å². The minimum Gasteiger partial charge on any atom is -0.266 e. The van der Waals surface area contributed by atoms with E-state index in [2.05, 4.69) is 4.98 Å². The molecule has 8 nitrogen and oxygen atoms in total. The van der Waals surface area contributed by atoms with Gasteiger partial charge in [0.2, 0.25) is 0 Å². The molecule has 2 heterocycles. The summed E-state index contributed by atoms with van der Waals surface area (Å²) in [7, 11) is -8.70. The van der Waals surface area contributed by atoms with Gasteiger partial charge in [0, 0.05) is 9.20 Å². The van der Waals surface area contributed by atoms with E-state index in [4.69, 9.17) is 0 Å². The van der Waals surface area contributed by atoms with Crippen LogP contribution in [-0.2, 0) is 20.0 Å². The van der Waals surface area contributed by atoms with E-state index in [0.717, 1.165) is 23.5 Å². The van der Waals surface area contributed by atoms with Crippen LogP contribution in [0, 0.1) is 0 Å². The van der Waals surface area contributed by atoms with Crippen molar-refractivity contribution in [3.05, 3.63) is 40.8 Å². The van der Waals surface area contributed by atoms with Gasteiger partial charge in [0.1, 0.15) is 15.5 Å². The van der Waals surface area contributed by atoms with Gasteiger partial charge in [-0.2, -0.15) is 0 Å². The first-order valence-corrected chi connectivity index (χ1v) is 9.26. The van der Waals surface area contributed by atoms with E-state index in [-0.39, 0.29) is 19.3 Å². The molecule has 0 aliphatic carbocycles. The number of nitrogens with one attached hydrogen (secondary N) is 1. The molecular weight excluding hydrogens is 338 g/mol. The molecule has 1 aliphatic rings. The lowest BCUT2D eigenvalue weighted by atomic mass is 10.4. The van der Waals surface area contributed by atoms with Gasteiger partial charge >= 0.3 is 0 Å². The van der Waals surface area contributed by atoms with Gasteiger partial charge in [0.05, 0.1) is 5.51 Å². The predicted molar refractivity (Wildman–Crippen MR) is 72.2 cm³/mol. The van der Waals surface area contributed by atoms with E-state index in [0.29, 0.717) is 0 Å². The topological polar surface area (TPSA) is 114 Å². The van der Waals surface area contributed by atoms with Gasteiger partial charge in [-0.3, -0.25) is 10.2 Å². The van der Waals surface area contributed by atoms with E-state index in [1.165, 1.54) is 23.0 Å². The minimum atomic E-state index is -4.35. The van der Waals surface area contributed by atoms with Crippen molar-refractivity contribution < 1.29 is 21.6 Å². The molecular formula is C10H7N3O5S3. The second kappa shape index (κ2) is 4.59. The van der Waals surface area contributed by atoms with Crippen LogP contribution >= 0.6 is 11.3 Å². The van der Waals surface area contributed by atoms with E-state index >= 15 is 0 Å². The standard InChI is InChI=1S/C10H7N3O5S3/c14-10(7-5-19-6-11-7)12-13-20(15,16)8-3-1-2-4-9(8)21(13,17)18/h1-6H,(H,12,14). The number of nitrogens with zero attached hydrogens (tertiary/aromatic N) is 2. The number of hydrazine groups is 1. The summed E-state index contributed by atoms with van der Waals surface area (Å²) in [4.78, 5) is 14.8. The largest absolute Gasteiger partial charge is 0.286 e. The molecule has 0 saturated carbocycles. The Hall–Kier alpha value is -1.82. The van der Waals surface area contributed by atoms with Crippen LogP contribution in [0.25, 0.3) is 0 Å². The maximum atomic E-state index is 12.2. The Morgan fingerprint density at radius 2 is 1.67 bits per heavy atom. The van der Waals surface area contributed by atoms with Crippen LogP contribution in [0.4, 0.5) is 0 Å². The van der Waals surface area contributed by atoms with Crippen molar-refractivity contribution in [1.82, 2.24) is 14.2 Å². The number of hydrogen-bond donors (Lipinski definition) is 1. The van der Waals surface area contributed by atoms with Gasteiger partial charge < -0.3 is 0 Å². The molecule has 1 aliphatic heterocycles. The molecule has 0 fully saturated rings. The lowest BCUT2D eigenvalue weighted by molar-refractivity contribution is 0.0911. The summed E-state index contributed by atoms with van der Waals surface area (Å²) in [5.41, 5.74) is 3.17. The smallest absolute Gasteiger partial charge is 0.266 e. The lowest BCUT2D eigenvalue weighted by Crippen LogP contribution is -2.45. The molecule has 21 heavy (non-hydrogen) atoms. The molecule has 0 saturated heterocycles. The number of benzene rings is 1. The van der Waals surface area contributed by atoms with Gasteiger partial charge in [-0.05, 0) is 12.1 Å². The van der Waals surface area contributed by atoms with Crippen molar-refractivity contribution in [2.75, 3.05) is 0 Å². The quantitative estimate of drug-likeness (QED) is 0.831. The number of fused-ring (bicyclic) bond motifs is 1. The summed E-state index contributed by atoms with van der Waals surface area (Å²) in [6, 6.07) is 5.13. The monoisotopic (exact) mass is 345 g/mol. The molecule has 1 aromatic heterocycles. The predicted octanol–water partition coefficient (Wildman–Crippen LogP) is 0.181. The summed E-state index contributed by atoms with van der Waals surface area (Å²) in [6.07, 6.45) is 0. The molecule has 1 N–H and O–H groups in total. The first kappa shape index (κ1) is 14.1. The average molecular weight is 345 g/mol. The molecule has 11 heteroatoms. The van der Waals surface area contributed by atoms with Crippen LogP contribution in [0.5, 0.6) is 0 Å². The number of thiazole rings is 1. The molecule has 0 spiro atoms. The fourth-order valence-corrected chi connectivity index (χ4v) is 6.36. The van der Waals surface area contributed by atoms with E-state index < -0.39 is 26.0 Å². The maximum absolute atomic E-state index is 12.2. The van der Waals surface area contributed by atoms with Crippen molar-refractivity contribution in [2.45, 2.75) is 9.79 Å². The number of aromatic nitrogens is 1. The van der Waals surface area contributed by atoms with Crippen LogP contribution < -0.4 is 5.43 Å². The summed E-state index contributed by atoms with van der Waals surface area (Å²) < 4.78 is 48.9. The minimum absolute atomic E-state index is 0.0215. The molecule has 0 radical (unpaired) electrons. The van der Waals surface area contributed by atoms with Crippen LogP contribution in [0.1, 0.15) is 10.5 Å². The third kappa shape index (κ3) is 2.05. The zero-order valence-electron chi connectivity index (χ0n) is 10.1. The Labute approximate surface area is 124 Å². The summed E-state index contributed by atoms with van der Waals surface area (Å²) in [5.74, 6) is -0.920. The van der Waals surface area contributed by atoms with Crippen LogP contribution in [0.2, 0.25) is 0 Å². The highest BCUT2D eigenvalue weighted by molar-refractivity contribution is 8.06. The third-order valence-corrected chi connectivity index (χ3v) is 7.47. The van der Waals surface area contributed by atoms with Gasteiger partial charge in [-0.1, -0.05) is 12.1 Å². The second-order valence-electron chi connectivity index (χ2n) is 3.97. The molecule has 3 rings (SSSR count). The molecule has 1 amide bonds. The maximum Gasteiger partial charge on any atom is 0.286 e. The van der Waals surface area contributed by atoms with Gasteiger partial charge in [-0.15, -0.1) is 11.3 Å². The number of rotatable bonds is 2. The Balaban J connectivity index is 2.07. The molecule has 110 valence electrons. The first-order chi connectivity index (χ1) is 9.85. The van der Waals surface area contributed by atoms with Crippen molar-refractivity contribution in [3.8, 4) is 0 Å². The van der Waals surface area contributed by atoms with Gasteiger partial charge in [0.25, 0.3) is 26.0 Å². The van der Waals surface area contributed by atoms with Crippen LogP contribution in [-0.4, -0.2) is 31.5 Å². The molecule has 2 aromatic rings. The number of carbonyl (C=O) groups excluding carboxylic acids is 1.